The van der Waals surface area contributed by atoms with Gasteiger partial charge >= 0.3 is 0 Å². The molecule has 2 amide bonds. The Morgan fingerprint density at radius 1 is 1.04 bits per heavy atom. The molecule has 0 spiro atoms. The van der Waals surface area contributed by atoms with Crippen molar-refractivity contribution in [1.82, 2.24) is 5.32 Å². The van der Waals surface area contributed by atoms with Gasteiger partial charge in [-0.05, 0) is 44.0 Å². The highest BCUT2D eigenvalue weighted by Gasteiger charge is 2.28. The minimum Gasteiger partial charge on any atom is -0.494 e. The maximum absolute atomic E-state index is 12.4. The lowest BCUT2D eigenvalue weighted by atomic mass is 9.88. The average molecular weight is 389 g/mol. The number of hydrogen-bond donors (Lipinski definition) is 3. The molecule has 1 aromatic rings. The molecule has 6 heteroatoms. The number of likely N-dealkylation sites (tertiary alicyclic amines) is 1. The number of quaternary nitrogens is 1. The number of ether oxygens (including phenoxy) is 1. The first-order valence-corrected chi connectivity index (χ1v) is 10.8. The molecule has 0 radical (unpaired) electrons. The molecule has 3 N–H and O–H groups in total. The summed E-state index contributed by atoms with van der Waals surface area (Å²) in [6.45, 7) is 4.89. The zero-order valence-corrected chi connectivity index (χ0v) is 17.0. The van der Waals surface area contributed by atoms with Gasteiger partial charge in [0.25, 0.3) is 5.91 Å². The van der Waals surface area contributed by atoms with Crippen LogP contribution in [-0.2, 0) is 9.59 Å². The fourth-order valence-electron chi connectivity index (χ4n) is 4.26. The third kappa shape index (κ3) is 6.23. The summed E-state index contributed by atoms with van der Waals surface area (Å²) in [6.07, 6.45) is 7.62. The Balaban J connectivity index is 1.36. The third-order valence-electron chi connectivity index (χ3n) is 5.87. The van der Waals surface area contributed by atoms with Crippen LogP contribution in [0, 0.1) is 5.92 Å². The van der Waals surface area contributed by atoms with Crippen LogP contribution >= 0.6 is 0 Å². The molecule has 0 unspecified atom stereocenters. The van der Waals surface area contributed by atoms with E-state index in [0.29, 0.717) is 13.2 Å². The summed E-state index contributed by atoms with van der Waals surface area (Å²) in [5.74, 6) is 1.31. The smallest absolute Gasteiger partial charge is 0.279 e. The van der Waals surface area contributed by atoms with Gasteiger partial charge in [0.15, 0.2) is 6.54 Å². The molecule has 1 heterocycles. The van der Waals surface area contributed by atoms with E-state index in [9.17, 15) is 9.59 Å². The maximum Gasteiger partial charge on any atom is 0.279 e. The van der Waals surface area contributed by atoms with Gasteiger partial charge in [-0.2, -0.15) is 0 Å². The SMILES string of the molecule is CCOc1ccc(NC(=O)C[NH+]2CCC(NC(=O)C3CCCCC3)CC2)cc1. The van der Waals surface area contributed by atoms with E-state index in [0.717, 1.165) is 50.2 Å². The number of anilines is 1. The average Bonchev–Trinajstić information content (AvgIpc) is 2.72. The number of amides is 2. The van der Waals surface area contributed by atoms with Crippen molar-refractivity contribution in [2.75, 3.05) is 31.6 Å². The zero-order valence-electron chi connectivity index (χ0n) is 17.0. The van der Waals surface area contributed by atoms with Crippen LogP contribution in [0.4, 0.5) is 5.69 Å². The van der Waals surface area contributed by atoms with Gasteiger partial charge in [-0.15, -0.1) is 0 Å². The van der Waals surface area contributed by atoms with E-state index in [1.54, 1.807) is 0 Å². The van der Waals surface area contributed by atoms with Crippen LogP contribution < -0.4 is 20.3 Å². The normalized spacial score (nSPS) is 23.0. The van der Waals surface area contributed by atoms with Crippen molar-refractivity contribution in [2.24, 2.45) is 5.92 Å². The molecular weight excluding hydrogens is 354 g/mol. The number of nitrogens with one attached hydrogen (secondary N) is 3. The van der Waals surface area contributed by atoms with Gasteiger partial charge in [-0.1, -0.05) is 19.3 Å². The van der Waals surface area contributed by atoms with Crippen LogP contribution in [0.2, 0.25) is 0 Å². The highest BCUT2D eigenvalue weighted by Crippen LogP contribution is 2.24. The van der Waals surface area contributed by atoms with E-state index in [4.69, 9.17) is 4.74 Å². The van der Waals surface area contributed by atoms with E-state index in [2.05, 4.69) is 10.6 Å². The minimum absolute atomic E-state index is 0.0313. The summed E-state index contributed by atoms with van der Waals surface area (Å²) in [5.41, 5.74) is 0.794. The molecule has 1 aliphatic carbocycles. The van der Waals surface area contributed by atoms with Crippen molar-refractivity contribution in [1.29, 1.82) is 0 Å². The first-order chi connectivity index (χ1) is 13.6. The molecule has 2 aliphatic rings. The number of carbonyl (C=O) groups excluding carboxylic acids is 2. The van der Waals surface area contributed by atoms with Gasteiger partial charge in [-0.3, -0.25) is 9.59 Å². The summed E-state index contributed by atoms with van der Waals surface area (Å²) in [5, 5.41) is 6.21. The first-order valence-electron chi connectivity index (χ1n) is 10.8. The van der Waals surface area contributed by atoms with Crippen LogP contribution in [-0.4, -0.2) is 44.1 Å². The second-order valence-electron chi connectivity index (χ2n) is 8.05. The summed E-state index contributed by atoms with van der Waals surface area (Å²) < 4.78 is 5.42. The van der Waals surface area contributed by atoms with Gasteiger partial charge in [0.2, 0.25) is 5.91 Å². The van der Waals surface area contributed by atoms with Gasteiger partial charge in [0.05, 0.1) is 19.7 Å². The molecule has 3 rings (SSSR count). The first kappa shape index (κ1) is 20.6. The lowest BCUT2D eigenvalue weighted by Gasteiger charge is -2.31. The van der Waals surface area contributed by atoms with Crippen LogP contribution in [0.25, 0.3) is 0 Å². The number of benzene rings is 1. The quantitative estimate of drug-likeness (QED) is 0.667. The molecule has 6 nitrogen and oxygen atoms in total. The van der Waals surface area contributed by atoms with Crippen molar-refractivity contribution in [3.63, 3.8) is 0 Å². The van der Waals surface area contributed by atoms with Crippen molar-refractivity contribution < 1.29 is 19.2 Å². The number of carbonyl (C=O) groups is 2. The number of piperidine rings is 1. The Morgan fingerprint density at radius 2 is 1.71 bits per heavy atom. The Kier molecular flexibility index (Phi) is 7.71. The van der Waals surface area contributed by atoms with Crippen LogP contribution in [0.1, 0.15) is 51.9 Å². The van der Waals surface area contributed by atoms with E-state index < -0.39 is 0 Å². The molecule has 1 saturated carbocycles. The molecule has 0 aromatic heterocycles. The second-order valence-corrected chi connectivity index (χ2v) is 8.05. The molecule has 28 heavy (non-hydrogen) atoms. The third-order valence-corrected chi connectivity index (χ3v) is 5.87. The highest BCUT2D eigenvalue weighted by atomic mass is 16.5. The molecule has 1 aliphatic heterocycles. The van der Waals surface area contributed by atoms with E-state index >= 15 is 0 Å². The molecule has 0 atom stereocenters. The minimum atomic E-state index is 0.0313. The fraction of sp³-hybridized carbons (Fsp3) is 0.636. The molecule has 0 bridgehead atoms. The summed E-state index contributed by atoms with van der Waals surface area (Å²) in [6, 6.07) is 7.74. The van der Waals surface area contributed by atoms with Crippen molar-refractivity contribution in [3.05, 3.63) is 24.3 Å². The van der Waals surface area contributed by atoms with Crippen LogP contribution in [0.3, 0.4) is 0 Å². The van der Waals surface area contributed by atoms with Gasteiger partial charge in [0, 0.05) is 30.5 Å². The number of hydrogen-bond acceptors (Lipinski definition) is 3. The van der Waals surface area contributed by atoms with E-state index in [1.807, 2.05) is 31.2 Å². The van der Waals surface area contributed by atoms with E-state index in [-0.39, 0.29) is 23.8 Å². The second kappa shape index (κ2) is 10.5. The standard InChI is InChI=1S/C22H33N3O3/c1-2-28-20-10-8-18(9-11-20)23-21(26)16-25-14-12-19(13-15-25)24-22(27)17-6-4-3-5-7-17/h8-11,17,19H,2-7,12-16H2,1H3,(H,23,26)(H,24,27)/p+1. The molecular formula is C22H34N3O3+. The van der Waals surface area contributed by atoms with Crippen LogP contribution in [0.5, 0.6) is 5.75 Å². The number of rotatable bonds is 7. The maximum atomic E-state index is 12.4. The molecule has 154 valence electrons. The Morgan fingerprint density at radius 3 is 2.36 bits per heavy atom. The monoisotopic (exact) mass is 388 g/mol. The van der Waals surface area contributed by atoms with Crippen molar-refractivity contribution in [2.45, 2.75) is 57.9 Å². The Labute approximate surface area is 168 Å². The molecule has 1 aromatic carbocycles. The van der Waals surface area contributed by atoms with Gasteiger partial charge in [-0.25, -0.2) is 0 Å². The van der Waals surface area contributed by atoms with Crippen molar-refractivity contribution >= 4 is 17.5 Å². The topological polar surface area (TPSA) is 71.9 Å². The Bertz CT molecular complexity index is 633. The molecule has 1 saturated heterocycles. The van der Waals surface area contributed by atoms with E-state index in [1.165, 1.54) is 24.2 Å². The Hall–Kier alpha value is -2.08. The lowest BCUT2D eigenvalue weighted by molar-refractivity contribution is -0.897. The predicted molar refractivity (Wildman–Crippen MR) is 110 cm³/mol. The van der Waals surface area contributed by atoms with Gasteiger partial charge < -0.3 is 20.3 Å². The zero-order chi connectivity index (χ0) is 19.8. The van der Waals surface area contributed by atoms with Gasteiger partial charge in [0.1, 0.15) is 5.75 Å². The molecule has 2 fully saturated rings. The summed E-state index contributed by atoms with van der Waals surface area (Å²) in [7, 11) is 0. The predicted octanol–water partition coefficient (Wildman–Crippen LogP) is 1.77. The summed E-state index contributed by atoms with van der Waals surface area (Å²) >= 11 is 0. The summed E-state index contributed by atoms with van der Waals surface area (Å²) in [4.78, 5) is 26.0. The fourth-order valence-corrected chi connectivity index (χ4v) is 4.26. The van der Waals surface area contributed by atoms with Crippen molar-refractivity contribution in [3.8, 4) is 5.75 Å². The lowest BCUT2D eigenvalue weighted by Crippen LogP contribution is -3.14. The largest absolute Gasteiger partial charge is 0.494 e. The highest BCUT2D eigenvalue weighted by molar-refractivity contribution is 5.91. The van der Waals surface area contributed by atoms with Crippen LogP contribution in [0.15, 0.2) is 24.3 Å².